The number of hydrogen-bond donors (Lipinski definition) is 0. The average Bonchev–Trinajstić information content (AvgIpc) is 3.31. The lowest BCUT2D eigenvalue weighted by Gasteiger charge is -2.33. The van der Waals surface area contributed by atoms with Crippen molar-refractivity contribution in [2.75, 3.05) is 26.8 Å². The molecule has 2 aromatic rings. The number of aromatic nitrogens is 4. The van der Waals surface area contributed by atoms with E-state index < -0.39 is 0 Å². The highest BCUT2D eigenvalue weighted by molar-refractivity contribution is 5.76. The van der Waals surface area contributed by atoms with Crippen molar-refractivity contribution in [1.82, 2.24) is 24.0 Å². The molecule has 25 heavy (non-hydrogen) atoms. The second kappa shape index (κ2) is 8.80. The summed E-state index contributed by atoms with van der Waals surface area (Å²) in [4.78, 5) is 23.1. The van der Waals surface area contributed by atoms with Gasteiger partial charge in [0.25, 0.3) is 0 Å². The molecule has 0 aromatic carbocycles. The van der Waals surface area contributed by atoms with Gasteiger partial charge in [0.2, 0.25) is 5.91 Å². The summed E-state index contributed by atoms with van der Waals surface area (Å²) in [6.45, 7) is 3.95. The zero-order valence-corrected chi connectivity index (χ0v) is 14.9. The molecular formula is C18H27N5O2. The molecule has 1 atom stereocenters. The fraction of sp³-hybridized carbons (Fsp3) is 0.611. The van der Waals surface area contributed by atoms with Crippen LogP contribution in [-0.2, 0) is 22.6 Å². The lowest BCUT2D eigenvalue weighted by molar-refractivity contribution is -0.132. The maximum Gasteiger partial charge on any atom is 0.222 e. The van der Waals surface area contributed by atoms with Gasteiger partial charge in [0.1, 0.15) is 5.82 Å². The van der Waals surface area contributed by atoms with E-state index in [-0.39, 0.29) is 5.91 Å². The van der Waals surface area contributed by atoms with Crippen LogP contribution in [0.1, 0.15) is 37.4 Å². The standard InChI is InChI=1S/C18H27N5O2/c1-25-13-12-22-11-7-20-18(22)16-4-2-9-23(14-16)17(24)5-3-8-21-10-6-19-15-21/h6-7,10-11,15-16H,2-5,8-9,12-14H2,1H3/t16-/m1/s1. The monoisotopic (exact) mass is 345 g/mol. The van der Waals surface area contributed by atoms with Crippen LogP contribution in [0.3, 0.4) is 0 Å². The van der Waals surface area contributed by atoms with Crippen molar-refractivity contribution in [3.63, 3.8) is 0 Å². The molecule has 0 N–H and O–H groups in total. The van der Waals surface area contributed by atoms with E-state index in [4.69, 9.17) is 4.74 Å². The number of aryl methyl sites for hydroxylation is 1. The summed E-state index contributed by atoms with van der Waals surface area (Å²) in [5.74, 6) is 1.64. The van der Waals surface area contributed by atoms with Gasteiger partial charge < -0.3 is 18.8 Å². The number of nitrogens with zero attached hydrogens (tertiary/aromatic N) is 5. The maximum atomic E-state index is 12.6. The second-order valence-corrected chi connectivity index (χ2v) is 6.55. The fourth-order valence-corrected chi connectivity index (χ4v) is 3.46. The van der Waals surface area contributed by atoms with Gasteiger partial charge in [-0.1, -0.05) is 0 Å². The molecule has 2 aromatic heterocycles. The number of hydrogen-bond acceptors (Lipinski definition) is 4. The largest absolute Gasteiger partial charge is 0.383 e. The van der Waals surface area contributed by atoms with Gasteiger partial charge in [-0.2, -0.15) is 0 Å². The van der Waals surface area contributed by atoms with Crippen LogP contribution < -0.4 is 0 Å². The quantitative estimate of drug-likeness (QED) is 0.733. The van der Waals surface area contributed by atoms with E-state index >= 15 is 0 Å². The normalized spacial score (nSPS) is 17.8. The number of rotatable bonds is 8. The van der Waals surface area contributed by atoms with Crippen molar-refractivity contribution < 1.29 is 9.53 Å². The van der Waals surface area contributed by atoms with Gasteiger partial charge in [0, 0.05) is 70.4 Å². The lowest BCUT2D eigenvalue weighted by atomic mass is 9.96. The summed E-state index contributed by atoms with van der Waals surface area (Å²) in [5.41, 5.74) is 0. The number of amides is 1. The van der Waals surface area contributed by atoms with Crippen molar-refractivity contribution in [2.45, 2.75) is 44.7 Å². The van der Waals surface area contributed by atoms with Crippen LogP contribution >= 0.6 is 0 Å². The molecule has 1 fully saturated rings. The molecule has 1 saturated heterocycles. The first-order valence-corrected chi connectivity index (χ1v) is 9.01. The number of carbonyl (C=O) groups excluding carboxylic acids is 1. The Morgan fingerprint density at radius 2 is 2.24 bits per heavy atom. The first-order valence-electron chi connectivity index (χ1n) is 9.01. The summed E-state index contributed by atoms with van der Waals surface area (Å²) in [6.07, 6.45) is 12.9. The van der Waals surface area contributed by atoms with Crippen LogP contribution in [0.2, 0.25) is 0 Å². The summed E-state index contributed by atoms with van der Waals surface area (Å²) in [5, 5.41) is 0. The molecule has 0 unspecified atom stereocenters. The van der Waals surface area contributed by atoms with E-state index in [1.807, 2.05) is 28.1 Å². The van der Waals surface area contributed by atoms with Gasteiger partial charge in [-0.3, -0.25) is 4.79 Å². The highest BCUT2D eigenvalue weighted by Crippen LogP contribution is 2.26. The molecule has 7 heteroatoms. The Labute approximate surface area is 148 Å². The summed E-state index contributed by atoms with van der Waals surface area (Å²) >= 11 is 0. The molecule has 0 spiro atoms. The minimum Gasteiger partial charge on any atom is -0.383 e. The van der Waals surface area contributed by atoms with Gasteiger partial charge >= 0.3 is 0 Å². The van der Waals surface area contributed by atoms with E-state index in [1.54, 1.807) is 19.6 Å². The van der Waals surface area contributed by atoms with Crippen LogP contribution in [0.15, 0.2) is 31.1 Å². The summed E-state index contributed by atoms with van der Waals surface area (Å²) in [6, 6.07) is 0. The van der Waals surface area contributed by atoms with Crippen molar-refractivity contribution >= 4 is 5.91 Å². The summed E-state index contributed by atoms with van der Waals surface area (Å²) < 4.78 is 9.34. The van der Waals surface area contributed by atoms with Gasteiger partial charge in [0.15, 0.2) is 0 Å². The third-order valence-electron chi connectivity index (χ3n) is 4.79. The predicted octanol–water partition coefficient (Wildman–Crippen LogP) is 1.91. The smallest absolute Gasteiger partial charge is 0.222 e. The number of carbonyl (C=O) groups is 1. The van der Waals surface area contributed by atoms with E-state index in [0.717, 1.165) is 51.3 Å². The second-order valence-electron chi connectivity index (χ2n) is 6.55. The zero-order valence-electron chi connectivity index (χ0n) is 14.9. The first-order chi connectivity index (χ1) is 12.3. The number of ether oxygens (including phenoxy) is 1. The predicted molar refractivity (Wildman–Crippen MR) is 94.1 cm³/mol. The van der Waals surface area contributed by atoms with Crippen LogP contribution in [0, 0.1) is 0 Å². The third-order valence-corrected chi connectivity index (χ3v) is 4.79. The van der Waals surface area contributed by atoms with Crippen molar-refractivity contribution in [3.8, 4) is 0 Å². The molecule has 3 heterocycles. The van der Waals surface area contributed by atoms with E-state index in [0.29, 0.717) is 18.9 Å². The number of methoxy groups -OCH3 is 1. The lowest BCUT2D eigenvalue weighted by Crippen LogP contribution is -2.39. The highest BCUT2D eigenvalue weighted by atomic mass is 16.5. The molecular weight excluding hydrogens is 318 g/mol. The Balaban J connectivity index is 1.52. The van der Waals surface area contributed by atoms with Crippen molar-refractivity contribution in [3.05, 3.63) is 36.9 Å². The Bertz CT molecular complexity index is 652. The molecule has 0 bridgehead atoms. The van der Waals surface area contributed by atoms with Crippen LogP contribution in [0.25, 0.3) is 0 Å². The SMILES string of the molecule is COCCn1ccnc1[C@@H]1CCCN(C(=O)CCCn2ccnc2)C1. The van der Waals surface area contributed by atoms with Crippen molar-refractivity contribution in [2.24, 2.45) is 0 Å². The topological polar surface area (TPSA) is 65.2 Å². The van der Waals surface area contributed by atoms with Crippen LogP contribution in [0.4, 0.5) is 0 Å². The molecule has 3 rings (SSSR count). The van der Waals surface area contributed by atoms with Gasteiger partial charge in [0.05, 0.1) is 12.9 Å². The minimum absolute atomic E-state index is 0.250. The molecule has 1 aliphatic rings. The Kier molecular flexibility index (Phi) is 6.22. The third kappa shape index (κ3) is 4.69. The Morgan fingerprint density at radius 1 is 1.32 bits per heavy atom. The molecule has 1 amide bonds. The number of imidazole rings is 2. The zero-order chi connectivity index (χ0) is 17.5. The maximum absolute atomic E-state index is 12.6. The van der Waals surface area contributed by atoms with Gasteiger partial charge in [-0.05, 0) is 19.3 Å². The first kappa shape index (κ1) is 17.7. The number of likely N-dealkylation sites (tertiary alicyclic amines) is 1. The van der Waals surface area contributed by atoms with Crippen LogP contribution in [-0.4, -0.2) is 56.7 Å². The molecule has 0 radical (unpaired) electrons. The van der Waals surface area contributed by atoms with E-state index in [2.05, 4.69) is 14.5 Å². The van der Waals surface area contributed by atoms with Gasteiger partial charge in [-0.15, -0.1) is 0 Å². The van der Waals surface area contributed by atoms with E-state index in [1.165, 1.54) is 0 Å². The molecule has 7 nitrogen and oxygen atoms in total. The van der Waals surface area contributed by atoms with Gasteiger partial charge in [-0.25, -0.2) is 9.97 Å². The molecule has 0 saturated carbocycles. The Hall–Kier alpha value is -2.15. The number of piperidine rings is 1. The van der Waals surface area contributed by atoms with E-state index in [9.17, 15) is 4.79 Å². The van der Waals surface area contributed by atoms with Crippen molar-refractivity contribution in [1.29, 1.82) is 0 Å². The van der Waals surface area contributed by atoms with Crippen LogP contribution in [0.5, 0.6) is 0 Å². The molecule has 136 valence electrons. The molecule has 1 aliphatic heterocycles. The minimum atomic E-state index is 0.250. The highest BCUT2D eigenvalue weighted by Gasteiger charge is 2.27. The Morgan fingerprint density at radius 3 is 3.04 bits per heavy atom. The fourth-order valence-electron chi connectivity index (χ4n) is 3.46. The summed E-state index contributed by atoms with van der Waals surface area (Å²) in [7, 11) is 1.71. The molecule has 0 aliphatic carbocycles. The average molecular weight is 345 g/mol.